The largest absolute Gasteiger partial charge is 0.489 e. The third-order valence-corrected chi connectivity index (χ3v) is 8.66. The first-order valence-electron chi connectivity index (χ1n) is 14.6. The van der Waals surface area contributed by atoms with Crippen LogP contribution < -0.4 is 15.6 Å². The van der Waals surface area contributed by atoms with E-state index in [1.54, 1.807) is 27.8 Å². The summed E-state index contributed by atoms with van der Waals surface area (Å²) in [5.74, 6) is 1.24. The lowest BCUT2D eigenvalue weighted by Crippen LogP contribution is -2.38. The number of likely N-dealkylation sites (tertiary alicyclic amines) is 1. The summed E-state index contributed by atoms with van der Waals surface area (Å²) in [5, 5.41) is 11.0. The summed E-state index contributed by atoms with van der Waals surface area (Å²) in [6, 6.07) is 11.7. The molecule has 0 amide bonds. The molecule has 11 nitrogen and oxygen atoms in total. The van der Waals surface area contributed by atoms with Gasteiger partial charge >= 0.3 is 0 Å². The van der Waals surface area contributed by atoms with Crippen molar-refractivity contribution in [1.82, 2.24) is 39.2 Å². The number of hydrogen-bond donors (Lipinski definition) is 2. The maximum atomic E-state index is 14.1. The number of hydrogen-bond acceptors (Lipinski definition) is 9. The molecular weight excluding hydrogens is 574 g/mol. The second-order valence-electron chi connectivity index (χ2n) is 11.3. The normalized spacial score (nSPS) is 15.6. The van der Waals surface area contributed by atoms with E-state index in [0.29, 0.717) is 23.7 Å². The number of nitrogens with zero attached hydrogens (tertiary/aromatic N) is 7. The number of ether oxygens (including phenoxy) is 1. The Kier molecular flexibility index (Phi) is 7.44. The van der Waals surface area contributed by atoms with Crippen LogP contribution in [0.4, 0.5) is 11.6 Å². The minimum atomic E-state index is -0.158. The molecule has 0 bridgehead atoms. The number of fused-ring (bicyclic) bond motifs is 1. The highest BCUT2D eigenvalue weighted by Gasteiger charge is 2.20. The lowest BCUT2D eigenvalue weighted by atomic mass is 10.1. The fourth-order valence-electron chi connectivity index (χ4n) is 5.72. The van der Waals surface area contributed by atoms with E-state index < -0.39 is 0 Å². The minimum Gasteiger partial charge on any atom is -0.489 e. The molecule has 6 aromatic rings. The summed E-state index contributed by atoms with van der Waals surface area (Å²) in [7, 11) is 4.01. The maximum Gasteiger partial charge on any atom is 0.261 e. The first kappa shape index (κ1) is 28.0. The summed E-state index contributed by atoms with van der Waals surface area (Å²) in [5.41, 5.74) is 5.31. The molecule has 44 heavy (non-hydrogen) atoms. The Bertz CT molecular complexity index is 1980. The molecule has 6 heterocycles. The SMILES string of the molecule is Cc1cc(-c2cnn(C)c2)[nH]c1-c1cc2cnc(Nc3ccc(OC4CCCN(C)C4)cc3)nc2n(Cc2nccs2)c1=O. The van der Waals surface area contributed by atoms with Crippen LogP contribution in [0.3, 0.4) is 0 Å². The molecule has 1 atom stereocenters. The lowest BCUT2D eigenvalue weighted by Gasteiger charge is -2.30. The Morgan fingerprint density at radius 1 is 1.14 bits per heavy atom. The lowest BCUT2D eigenvalue weighted by molar-refractivity contribution is 0.104. The molecule has 1 saturated heterocycles. The molecule has 1 aliphatic heterocycles. The number of piperidine rings is 1. The predicted molar refractivity (Wildman–Crippen MR) is 173 cm³/mol. The van der Waals surface area contributed by atoms with Crippen molar-refractivity contribution in [3.05, 3.63) is 87.5 Å². The van der Waals surface area contributed by atoms with Crippen molar-refractivity contribution in [3.8, 4) is 28.3 Å². The summed E-state index contributed by atoms with van der Waals surface area (Å²) in [6.45, 7) is 4.35. The van der Waals surface area contributed by atoms with Crippen molar-refractivity contribution in [2.24, 2.45) is 7.05 Å². The van der Waals surface area contributed by atoms with E-state index in [9.17, 15) is 4.79 Å². The number of anilines is 2. The average molecular weight is 608 g/mol. The fraction of sp³-hybridized carbons (Fsp3) is 0.281. The van der Waals surface area contributed by atoms with E-state index >= 15 is 0 Å². The van der Waals surface area contributed by atoms with Gasteiger partial charge in [0.15, 0.2) is 0 Å². The van der Waals surface area contributed by atoms with Crippen LogP contribution in [0.1, 0.15) is 23.4 Å². The van der Waals surface area contributed by atoms with Crippen molar-refractivity contribution in [2.75, 3.05) is 25.5 Å². The van der Waals surface area contributed by atoms with Gasteiger partial charge in [0, 0.05) is 59.9 Å². The van der Waals surface area contributed by atoms with Crippen LogP contribution in [-0.4, -0.2) is 65.4 Å². The third-order valence-electron chi connectivity index (χ3n) is 7.90. The zero-order valence-corrected chi connectivity index (χ0v) is 25.6. The zero-order chi connectivity index (χ0) is 30.2. The number of pyridine rings is 1. The molecule has 5 aromatic heterocycles. The smallest absolute Gasteiger partial charge is 0.261 e. The molecular formula is C32H33N9O2S. The molecule has 224 valence electrons. The average Bonchev–Trinajstić information content (AvgIpc) is 3.77. The van der Waals surface area contributed by atoms with Gasteiger partial charge in [-0.3, -0.25) is 14.0 Å². The minimum absolute atomic E-state index is 0.158. The predicted octanol–water partition coefficient (Wildman–Crippen LogP) is 5.22. The quantitative estimate of drug-likeness (QED) is 0.242. The number of aromatic nitrogens is 7. The Labute approximate surface area is 258 Å². The molecule has 12 heteroatoms. The maximum absolute atomic E-state index is 14.1. The molecule has 1 fully saturated rings. The molecule has 7 rings (SSSR count). The van der Waals surface area contributed by atoms with Gasteiger partial charge in [-0.1, -0.05) is 0 Å². The topological polar surface area (TPSA) is 119 Å². The van der Waals surface area contributed by atoms with E-state index in [2.05, 4.69) is 37.3 Å². The molecule has 1 unspecified atom stereocenters. The molecule has 2 N–H and O–H groups in total. The van der Waals surface area contributed by atoms with Crippen LogP contribution in [0.2, 0.25) is 0 Å². The number of thiazole rings is 1. The number of H-pyrrole nitrogens is 1. The van der Waals surface area contributed by atoms with E-state index in [0.717, 1.165) is 70.3 Å². The van der Waals surface area contributed by atoms with Crippen LogP contribution in [0.25, 0.3) is 33.5 Å². The molecule has 0 saturated carbocycles. The summed E-state index contributed by atoms with van der Waals surface area (Å²) >= 11 is 1.50. The number of likely N-dealkylation sites (N-methyl/N-ethyl adjacent to an activating group) is 1. The van der Waals surface area contributed by atoms with E-state index in [1.165, 1.54) is 11.3 Å². The number of rotatable bonds is 8. The molecule has 1 aromatic carbocycles. The van der Waals surface area contributed by atoms with Gasteiger partial charge in [-0.05, 0) is 75.3 Å². The third kappa shape index (κ3) is 5.73. The van der Waals surface area contributed by atoms with Crippen molar-refractivity contribution in [1.29, 1.82) is 0 Å². The fourth-order valence-corrected chi connectivity index (χ4v) is 6.32. The van der Waals surface area contributed by atoms with Gasteiger partial charge in [-0.2, -0.15) is 10.1 Å². The van der Waals surface area contributed by atoms with Gasteiger partial charge in [0.2, 0.25) is 5.95 Å². The number of benzene rings is 1. The van der Waals surface area contributed by atoms with Crippen molar-refractivity contribution in [3.63, 3.8) is 0 Å². The van der Waals surface area contributed by atoms with Gasteiger partial charge in [-0.25, -0.2) is 9.97 Å². The number of aromatic amines is 1. The Hall–Kier alpha value is -4.81. The number of aryl methyl sites for hydroxylation is 2. The molecule has 1 aliphatic rings. The summed E-state index contributed by atoms with van der Waals surface area (Å²) in [6.07, 6.45) is 9.65. The van der Waals surface area contributed by atoms with E-state index in [1.807, 2.05) is 61.9 Å². The van der Waals surface area contributed by atoms with Gasteiger partial charge in [0.05, 0.1) is 24.0 Å². The highest BCUT2D eigenvalue weighted by molar-refractivity contribution is 7.09. The van der Waals surface area contributed by atoms with Crippen LogP contribution in [0.5, 0.6) is 5.75 Å². The van der Waals surface area contributed by atoms with Crippen molar-refractivity contribution >= 4 is 34.0 Å². The Balaban J connectivity index is 1.21. The van der Waals surface area contributed by atoms with Crippen molar-refractivity contribution in [2.45, 2.75) is 32.4 Å². The monoisotopic (exact) mass is 607 g/mol. The highest BCUT2D eigenvalue weighted by atomic mass is 32.1. The van der Waals surface area contributed by atoms with Crippen molar-refractivity contribution < 1.29 is 4.74 Å². The second-order valence-corrected chi connectivity index (χ2v) is 12.3. The highest BCUT2D eigenvalue weighted by Crippen LogP contribution is 2.29. The number of nitrogens with one attached hydrogen (secondary N) is 2. The van der Waals surface area contributed by atoms with Gasteiger partial charge < -0.3 is 19.9 Å². The Morgan fingerprint density at radius 3 is 2.75 bits per heavy atom. The van der Waals surface area contributed by atoms with E-state index in [4.69, 9.17) is 9.72 Å². The summed E-state index contributed by atoms with van der Waals surface area (Å²) < 4.78 is 9.63. The van der Waals surface area contributed by atoms with Gasteiger partial charge in [-0.15, -0.1) is 11.3 Å². The first-order chi connectivity index (χ1) is 21.4. The molecule has 0 aliphatic carbocycles. The van der Waals surface area contributed by atoms with Gasteiger partial charge in [0.1, 0.15) is 22.5 Å². The van der Waals surface area contributed by atoms with Crippen LogP contribution in [0.15, 0.2) is 71.4 Å². The van der Waals surface area contributed by atoms with Gasteiger partial charge in [0.25, 0.3) is 5.56 Å². The van der Waals surface area contributed by atoms with Crippen LogP contribution in [0, 0.1) is 6.92 Å². The van der Waals surface area contributed by atoms with E-state index in [-0.39, 0.29) is 11.7 Å². The molecule has 0 radical (unpaired) electrons. The molecule has 0 spiro atoms. The standard InChI is InChI=1S/C32H33N9O2S/c1-20-13-27(22-16-35-40(3)17-22)37-29(20)26-14-21-15-34-32(38-30(21)41(31(26)42)19-28-33-10-12-44-28)36-23-6-8-24(9-7-23)43-25-5-4-11-39(2)18-25/h6-10,12-17,25,37H,4-5,11,18-19H2,1-3H3,(H,34,36,38). The zero-order valence-electron chi connectivity index (χ0n) is 24.8. The Morgan fingerprint density at radius 2 is 2.00 bits per heavy atom. The second kappa shape index (κ2) is 11.7. The first-order valence-corrected chi connectivity index (χ1v) is 15.5. The summed E-state index contributed by atoms with van der Waals surface area (Å²) in [4.78, 5) is 33.7. The van der Waals surface area contributed by atoms with Crippen LogP contribution in [-0.2, 0) is 13.6 Å². The van der Waals surface area contributed by atoms with Crippen LogP contribution >= 0.6 is 11.3 Å².